The topological polar surface area (TPSA) is 105 Å². The van der Waals surface area contributed by atoms with E-state index in [4.69, 9.17) is 23.6 Å². The molecule has 0 unspecified atom stereocenters. The maximum atomic E-state index is 12.4. The van der Waals surface area contributed by atoms with Gasteiger partial charge >= 0.3 is 5.63 Å². The molecule has 178 valence electrons. The molecule has 2 aliphatic heterocycles. The monoisotopic (exact) mass is 472 g/mol. The second-order valence-electron chi connectivity index (χ2n) is 8.93. The molecule has 0 amide bonds. The molecule has 2 aliphatic rings. The summed E-state index contributed by atoms with van der Waals surface area (Å²) in [6.07, 6.45) is 2.48. The van der Waals surface area contributed by atoms with E-state index in [2.05, 4.69) is 20.9 Å². The number of hydrogen-bond acceptors (Lipinski definition) is 9. The standard InChI is InChI=1S/C26H24N4O5/c1-16-26-18(17(13-28-16)14-30-7-5-29(6-8-30)4-2-3-27)9-21(35-26)20-11-25(31)34-22-12-24-23(10-19(20)22)32-15-33-24/h9-13H,2,4-8,14-15H2,1H3. The van der Waals surface area contributed by atoms with Crippen molar-refractivity contribution in [1.29, 1.82) is 5.26 Å². The SMILES string of the molecule is Cc1ncc(CN2CCN(CCC#N)CC2)c2cc(-c3cc(=O)oc4cc5c(cc34)OCO5)oc12. The van der Waals surface area contributed by atoms with Crippen LogP contribution in [0.25, 0.3) is 33.3 Å². The van der Waals surface area contributed by atoms with Crippen molar-refractivity contribution in [3.8, 4) is 28.9 Å². The second kappa shape index (κ2) is 8.73. The molecule has 0 aliphatic carbocycles. The Bertz CT molecular complexity index is 1530. The van der Waals surface area contributed by atoms with Crippen molar-refractivity contribution < 1.29 is 18.3 Å². The lowest BCUT2D eigenvalue weighted by Gasteiger charge is -2.34. The number of benzene rings is 1. The molecule has 0 radical (unpaired) electrons. The molecule has 0 N–H and O–H groups in total. The summed E-state index contributed by atoms with van der Waals surface area (Å²) >= 11 is 0. The number of furan rings is 1. The van der Waals surface area contributed by atoms with Crippen LogP contribution in [0.5, 0.6) is 11.5 Å². The van der Waals surface area contributed by atoms with Crippen molar-refractivity contribution in [1.82, 2.24) is 14.8 Å². The molecule has 0 bridgehead atoms. The Hall–Kier alpha value is -3.87. The molecule has 5 heterocycles. The first-order chi connectivity index (χ1) is 17.1. The van der Waals surface area contributed by atoms with E-state index in [0.29, 0.717) is 45.8 Å². The summed E-state index contributed by atoms with van der Waals surface area (Å²) in [6.45, 7) is 7.40. The zero-order chi connectivity index (χ0) is 23.9. The van der Waals surface area contributed by atoms with Gasteiger partial charge in [0.2, 0.25) is 6.79 Å². The van der Waals surface area contributed by atoms with Gasteiger partial charge in [-0.15, -0.1) is 0 Å². The smallest absolute Gasteiger partial charge is 0.336 e. The Labute approximate surface area is 201 Å². The van der Waals surface area contributed by atoms with Crippen molar-refractivity contribution >= 4 is 21.9 Å². The molecule has 35 heavy (non-hydrogen) atoms. The van der Waals surface area contributed by atoms with Gasteiger partial charge < -0.3 is 18.3 Å². The van der Waals surface area contributed by atoms with Crippen LogP contribution in [0.2, 0.25) is 0 Å². The average Bonchev–Trinajstić information content (AvgIpc) is 3.51. The largest absolute Gasteiger partial charge is 0.454 e. The highest BCUT2D eigenvalue weighted by Gasteiger charge is 2.22. The summed E-state index contributed by atoms with van der Waals surface area (Å²) in [4.78, 5) is 21.7. The number of aryl methyl sites for hydroxylation is 1. The number of aromatic nitrogens is 1. The molecule has 0 saturated carbocycles. The number of hydrogen-bond donors (Lipinski definition) is 0. The number of nitrogens with zero attached hydrogens (tertiary/aromatic N) is 4. The molecule has 9 nitrogen and oxygen atoms in total. The molecular weight excluding hydrogens is 448 g/mol. The van der Waals surface area contributed by atoms with E-state index in [0.717, 1.165) is 55.9 Å². The number of pyridine rings is 1. The van der Waals surface area contributed by atoms with Crippen LogP contribution in [0.1, 0.15) is 17.7 Å². The third-order valence-corrected chi connectivity index (χ3v) is 6.72. The second-order valence-corrected chi connectivity index (χ2v) is 8.93. The van der Waals surface area contributed by atoms with Crippen LogP contribution in [-0.2, 0) is 6.54 Å². The highest BCUT2D eigenvalue weighted by molar-refractivity contribution is 5.97. The Kier molecular flexibility index (Phi) is 5.40. The normalized spacial score (nSPS) is 16.2. The van der Waals surface area contributed by atoms with Crippen molar-refractivity contribution in [3.63, 3.8) is 0 Å². The minimum absolute atomic E-state index is 0.136. The van der Waals surface area contributed by atoms with Gasteiger partial charge in [0, 0.05) is 80.4 Å². The van der Waals surface area contributed by atoms with E-state index in [1.165, 1.54) is 6.07 Å². The van der Waals surface area contributed by atoms with Crippen molar-refractivity contribution in [2.45, 2.75) is 19.9 Å². The van der Waals surface area contributed by atoms with Gasteiger partial charge in [0.05, 0.1) is 11.8 Å². The summed E-state index contributed by atoms with van der Waals surface area (Å²) in [6, 6.07) is 9.16. The molecule has 0 atom stereocenters. The van der Waals surface area contributed by atoms with Crippen LogP contribution in [0, 0.1) is 18.3 Å². The van der Waals surface area contributed by atoms with Gasteiger partial charge in [0.15, 0.2) is 17.1 Å². The van der Waals surface area contributed by atoms with Gasteiger partial charge in [0.25, 0.3) is 0 Å². The Balaban J connectivity index is 1.35. The molecule has 9 heteroatoms. The number of rotatable bonds is 5. The van der Waals surface area contributed by atoms with E-state index in [-0.39, 0.29) is 6.79 Å². The van der Waals surface area contributed by atoms with Gasteiger partial charge in [-0.2, -0.15) is 5.26 Å². The van der Waals surface area contributed by atoms with E-state index < -0.39 is 5.63 Å². The summed E-state index contributed by atoms with van der Waals surface area (Å²) in [7, 11) is 0. The summed E-state index contributed by atoms with van der Waals surface area (Å²) in [5.41, 5.74) is 3.18. The highest BCUT2D eigenvalue weighted by Crippen LogP contribution is 2.40. The third-order valence-electron chi connectivity index (χ3n) is 6.72. The fraction of sp³-hybridized carbons (Fsp3) is 0.346. The molecule has 3 aromatic heterocycles. The molecule has 4 aromatic rings. The average molecular weight is 473 g/mol. The zero-order valence-corrected chi connectivity index (χ0v) is 19.4. The van der Waals surface area contributed by atoms with Crippen LogP contribution < -0.4 is 15.1 Å². The Morgan fingerprint density at radius 1 is 1.00 bits per heavy atom. The van der Waals surface area contributed by atoms with Gasteiger partial charge in [0.1, 0.15) is 11.3 Å². The van der Waals surface area contributed by atoms with E-state index in [1.54, 1.807) is 6.07 Å². The molecule has 6 rings (SSSR count). The van der Waals surface area contributed by atoms with Crippen LogP contribution >= 0.6 is 0 Å². The van der Waals surface area contributed by atoms with Crippen molar-refractivity contribution in [2.24, 2.45) is 0 Å². The lowest BCUT2D eigenvalue weighted by molar-refractivity contribution is 0.129. The number of ether oxygens (including phenoxy) is 2. The Morgan fingerprint density at radius 2 is 1.77 bits per heavy atom. The summed E-state index contributed by atoms with van der Waals surface area (Å²) in [5, 5.41) is 10.5. The van der Waals surface area contributed by atoms with Crippen LogP contribution in [0.15, 0.2) is 44.1 Å². The van der Waals surface area contributed by atoms with E-state index in [9.17, 15) is 4.79 Å². The molecule has 1 fully saturated rings. The predicted molar refractivity (Wildman–Crippen MR) is 128 cm³/mol. The molecule has 1 aromatic carbocycles. The van der Waals surface area contributed by atoms with Gasteiger partial charge in [-0.3, -0.25) is 14.8 Å². The third kappa shape index (κ3) is 4.01. The van der Waals surface area contributed by atoms with Gasteiger partial charge in [-0.1, -0.05) is 0 Å². The lowest BCUT2D eigenvalue weighted by Crippen LogP contribution is -2.46. The first-order valence-electron chi connectivity index (χ1n) is 11.7. The maximum absolute atomic E-state index is 12.4. The van der Waals surface area contributed by atoms with Gasteiger partial charge in [-0.25, -0.2) is 4.79 Å². The van der Waals surface area contributed by atoms with Crippen LogP contribution in [-0.4, -0.2) is 54.3 Å². The number of nitriles is 1. The fourth-order valence-corrected chi connectivity index (χ4v) is 4.84. The number of fused-ring (bicyclic) bond motifs is 3. The number of piperazine rings is 1. The molecule has 0 spiro atoms. The van der Waals surface area contributed by atoms with Crippen LogP contribution in [0.3, 0.4) is 0 Å². The quantitative estimate of drug-likeness (QED) is 0.402. The van der Waals surface area contributed by atoms with E-state index >= 15 is 0 Å². The highest BCUT2D eigenvalue weighted by atomic mass is 16.7. The fourth-order valence-electron chi connectivity index (χ4n) is 4.84. The molecular formula is C26H24N4O5. The molecule has 1 saturated heterocycles. The minimum atomic E-state index is -0.462. The first-order valence-corrected chi connectivity index (χ1v) is 11.7. The minimum Gasteiger partial charge on any atom is -0.454 e. The van der Waals surface area contributed by atoms with Crippen LogP contribution in [0.4, 0.5) is 0 Å². The predicted octanol–water partition coefficient (Wildman–Crippen LogP) is 3.67. The first kappa shape index (κ1) is 21.6. The van der Waals surface area contributed by atoms with Crippen molar-refractivity contribution in [2.75, 3.05) is 39.5 Å². The Morgan fingerprint density at radius 3 is 2.57 bits per heavy atom. The van der Waals surface area contributed by atoms with E-state index in [1.807, 2.05) is 25.3 Å². The van der Waals surface area contributed by atoms with Gasteiger partial charge in [-0.05, 0) is 24.6 Å². The maximum Gasteiger partial charge on any atom is 0.336 e. The summed E-state index contributed by atoms with van der Waals surface area (Å²) < 4.78 is 22.7. The van der Waals surface area contributed by atoms with Crippen molar-refractivity contribution in [3.05, 3.63) is 52.1 Å². The zero-order valence-electron chi connectivity index (χ0n) is 19.4. The summed E-state index contributed by atoms with van der Waals surface area (Å²) in [5.74, 6) is 1.74. The lowest BCUT2D eigenvalue weighted by atomic mass is 10.1.